The average molecular weight is 195 g/mol. The van der Waals surface area contributed by atoms with Crippen LogP contribution < -0.4 is 5.32 Å². The van der Waals surface area contributed by atoms with Gasteiger partial charge in [-0.1, -0.05) is 0 Å². The first kappa shape index (κ1) is 9.68. The smallest absolute Gasteiger partial charge is 0.123 e. The molecule has 2 atom stereocenters. The van der Waals surface area contributed by atoms with Crippen LogP contribution in [0.5, 0.6) is 0 Å². The Morgan fingerprint density at radius 3 is 3.21 bits per heavy atom. The van der Waals surface area contributed by atoms with Gasteiger partial charge in [-0.3, -0.25) is 0 Å². The highest BCUT2D eigenvalue weighted by atomic mass is 16.5. The van der Waals surface area contributed by atoms with Crippen LogP contribution in [-0.2, 0) is 4.74 Å². The summed E-state index contributed by atoms with van der Waals surface area (Å²) in [6, 6.07) is 0.297. The number of aromatic amines is 1. The molecule has 2 heterocycles. The van der Waals surface area contributed by atoms with E-state index in [9.17, 15) is 0 Å². The molecule has 0 saturated carbocycles. The third kappa shape index (κ3) is 1.96. The Kier molecular flexibility index (Phi) is 3.16. The van der Waals surface area contributed by atoms with E-state index in [1.807, 2.05) is 13.2 Å². The molecule has 4 heteroatoms. The highest BCUT2D eigenvalue weighted by Gasteiger charge is 2.25. The second-order valence-corrected chi connectivity index (χ2v) is 3.72. The molecule has 78 valence electrons. The lowest BCUT2D eigenvalue weighted by molar-refractivity contribution is 0.0390. The molecule has 2 rings (SSSR count). The Labute approximate surface area is 84.1 Å². The summed E-state index contributed by atoms with van der Waals surface area (Å²) in [6.45, 7) is 1.75. The van der Waals surface area contributed by atoms with Crippen LogP contribution in [0.4, 0.5) is 0 Å². The SMILES string of the molecule is CNC(c1ncc[nH]1)C1CCCOC1. The van der Waals surface area contributed by atoms with Crippen molar-refractivity contribution in [2.24, 2.45) is 5.92 Å². The quantitative estimate of drug-likeness (QED) is 0.759. The second kappa shape index (κ2) is 4.57. The lowest BCUT2D eigenvalue weighted by Crippen LogP contribution is -2.32. The van der Waals surface area contributed by atoms with Crippen LogP contribution in [0.3, 0.4) is 0 Å². The molecule has 1 fully saturated rings. The summed E-state index contributed by atoms with van der Waals surface area (Å²) in [5.41, 5.74) is 0. The maximum absolute atomic E-state index is 5.48. The van der Waals surface area contributed by atoms with Crippen LogP contribution in [0.15, 0.2) is 12.4 Å². The van der Waals surface area contributed by atoms with Gasteiger partial charge < -0.3 is 15.0 Å². The average Bonchev–Trinajstić information content (AvgIpc) is 2.74. The number of hydrogen-bond donors (Lipinski definition) is 2. The Hall–Kier alpha value is -0.870. The van der Waals surface area contributed by atoms with Crippen molar-refractivity contribution < 1.29 is 4.74 Å². The van der Waals surface area contributed by atoms with Crippen LogP contribution in [0, 0.1) is 5.92 Å². The molecule has 2 N–H and O–H groups in total. The first-order valence-electron chi connectivity index (χ1n) is 5.16. The number of H-pyrrole nitrogens is 1. The largest absolute Gasteiger partial charge is 0.381 e. The van der Waals surface area contributed by atoms with Gasteiger partial charge in [0.2, 0.25) is 0 Å². The van der Waals surface area contributed by atoms with E-state index in [1.54, 1.807) is 6.20 Å². The number of ether oxygens (including phenoxy) is 1. The molecule has 0 aromatic carbocycles. The number of imidazole rings is 1. The standard InChI is InChI=1S/C10H17N3O/c1-11-9(10-12-4-5-13-10)8-3-2-6-14-7-8/h4-5,8-9,11H,2-3,6-7H2,1H3,(H,12,13). The molecule has 1 aromatic rings. The van der Waals surface area contributed by atoms with Gasteiger partial charge >= 0.3 is 0 Å². The van der Waals surface area contributed by atoms with Crippen molar-refractivity contribution >= 4 is 0 Å². The summed E-state index contributed by atoms with van der Waals surface area (Å²) >= 11 is 0. The van der Waals surface area contributed by atoms with E-state index in [0.717, 1.165) is 25.5 Å². The van der Waals surface area contributed by atoms with Gasteiger partial charge in [-0.15, -0.1) is 0 Å². The summed E-state index contributed by atoms with van der Waals surface area (Å²) in [4.78, 5) is 7.45. The summed E-state index contributed by atoms with van der Waals surface area (Å²) in [6.07, 6.45) is 6.03. The maximum Gasteiger partial charge on any atom is 0.123 e. The van der Waals surface area contributed by atoms with Gasteiger partial charge in [0.25, 0.3) is 0 Å². The molecular formula is C10H17N3O. The molecule has 0 amide bonds. The van der Waals surface area contributed by atoms with E-state index in [4.69, 9.17) is 4.74 Å². The Morgan fingerprint density at radius 1 is 1.71 bits per heavy atom. The molecule has 0 radical (unpaired) electrons. The van der Waals surface area contributed by atoms with Gasteiger partial charge in [-0.25, -0.2) is 4.98 Å². The number of nitrogens with one attached hydrogen (secondary N) is 2. The number of nitrogens with zero attached hydrogens (tertiary/aromatic N) is 1. The van der Waals surface area contributed by atoms with Crippen molar-refractivity contribution in [1.82, 2.24) is 15.3 Å². The summed E-state index contributed by atoms with van der Waals surface area (Å²) < 4.78 is 5.48. The lowest BCUT2D eigenvalue weighted by Gasteiger charge is -2.28. The van der Waals surface area contributed by atoms with Crippen LogP contribution in [-0.4, -0.2) is 30.2 Å². The zero-order chi connectivity index (χ0) is 9.80. The van der Waals surface area contributed by atoms with E-state index >= 15 is 0 Å². The number of aromatic nitrogens is 2. The zero-order valence-electron chi connectivity index (χ0n) is 8.49. The fraction of sp³-hybridized carbons (Fsp3) is 0.700. The first-order chi connectivity index (χ1) is 6.92. The fourth-order valence-corrected chi connectivity index (χ4v) is 2.07. The topological polar surface area (TPSA) is 49.9 Å². The summed E-state index contributed by atoms with van der Waals surface area (Å²) in [5, 5.41) is 3.30. The van der Waals surface area contributed by atoms with E-state index in [2.05, 4.69) is 15.3 Å². The van der Waals surface area contributed by atoms with Crippen LogP contribution >= 0.6 is 0 Å². The molecular weight excluding hydrogens is 178 g/mol. The molecule has 1 aliphatic heterocycles. The monoisotopic (exact) mass is 195 g/mol. The number of rotatable bonds is 3. The minimum atomic E-state index is 0.297. The zero-order valence-corrected chi connectivity index (χ0v) is 8.49. The highest BCUT2D eigenvalue weighted by molar-refractivity contribution is 4.98. The van der Waals surface area contributed by atoms with Gasteiger partial charge in [-0.2, -0.15) is 0 Å². The van der Waals surface area contributed by atoms with Crippen molar-refractivity contribution in [2.45, 2.75) is 18.9 Å². The van der Waals surface area contributed by atoms with Crippen molar-refractivity contribution in [2.75, 3.05) is 20.3 Å². The minimum absolute atomic E-state index is 0.297. The van der Waals surface area contributed by atoms with E-state index in [-0.39, 0.29) is 0 Å². The predicted molar refractivity (Wildman–Crippen MR) is 53.9 cm³/mol. The van der Waals surface area contributed by atoms with Gasteiger partial charge in [-0.05, 0) is 19.9 Å². The molecule has 1 saturated heterocycles. The third-order valence-corrected chi connectivity index (χ3v) is 2.79. The van der Waals surface area contributed by atoms with Crippen molar-refractivity contribution in [3.05, 3.63) is 18.2 Å². The maximum atomic E-state index is 5.48. The Balaban J connectivity index is 2.04. The van der Waals surface area contributed by atoms with Gasteiger partial charge in [0.15, 0.2) is 0 Å². The summed E-state index contributed by atoms with van der Waals surface area (Å²) in [5.74, 6) is 1.56. The normalized spacial score (nSPS) is 24.8. The molecule has 14 heavy (non-hydrogen) atoms. The van der Waals surface area contributed by atoms with E-state index in [1.165, 1.54) is 6.42 Å². The van der Waals surface area contributed by atoms with Gasteiger partial charge in [0, 0.05) is 24.9 Å². The fourth-order valence-electron chi connectivity index (χ4n) is 2.07. The molecule has 4 nitrogen and oxygen atoms in total. The predicted octanol–water partition coefficient (Wildman–Crippen LogP) is 1.10. The minimum Gasteiger partial charge on any atom is -0.381 e. The number of hydrogen-bond acceptors (Lipinski definition) is 3. The van der Waals surface area contributed by atoms with Crippen LogP contribution in [0.25, 0.3) is 0 Å². The van der Waals surface area contributed by atoms with Crippen molar-refractivity contribution in [3.8, 4) is 0 Å². The second-order valence-electron chi connectivity index (χ2n) is 3.72. The lowest BCUT2D eigenvalue weighted by atomic mass is 9.93. The molecule has 1 aliphatic rings. The molecule has 1 aromatic heterocycles. The Bertz CT molecular complexity index is 254. The van der Waals surface area contributed by atoms with Gasteiger partial charge in [0.1, 0.15) is 5.82 Å². The van der Waals surface area contributed by atoms with Crippen LogP contribution in [0.2, 0.25) is 0 Å². The Morgan fingerprint density at radius 2 is 2.64 bits per heavy atom. The molecule has 0 spiro atoms. The molecule has 0 bridgehead atoms. The van der Waals surface area contributed by atoms with Crippen molar-refractivity contribution in [3.63, 3.8) is 0 Å². The molecule has 2 unspecified atom stereocenters. The van der Waals surface area contributed by atoms with E-state index in [0.29, 0.717) is 12.0 Å². The molecule has 0 aliphatic carbocycles. The van der Waals surface area contributed by atoms with Gasteiger partial charge in [0.05, 0.1) is 12.6 Å². The highest BCUT2D eigenvalue weighted by Crippen LogP contribution is 2.26. The van der Waals surface area contributed by atoms with E-state index < -0.39 is 0 Å². The third-order valence-electron chi connectivity index (χ3n) is 2.79. The van der Waals surface area contributed by atoms with Crippen LogP contribution in [0.1, 0.15) is 24.7 Å². The summed E-state index contributed by atoms with van der Waals surface area (Å²) in [7, 11) is 1.97. The first-order valence-corrected chi connectivity index (χ1v) is 5.16. The van der Waals surface area contributed by atoms with Crippen molar-refractivity contribution in [1.29, 1.82) is 0 Å².